The van der Waals surface area contributed by atoms with Gasteiger partial charge in [-0.25, -0.2) is 0 Å². The lowest BCUT2D eigenvalue weighted by Gasteiger charge is -2.20. The molecule has 1 rings (SSSR count). The van der Waals surface area contributed by atoms with Gasteiger partial charge in [0, 0.05) is 0 Å². The second-order valence-electron chi connectivity index (χ2n) is 7.25. The summed E-state index contributed by atoms with van der Waals surface area (Å²) in [4.78, 5) is 0. The van der Waals surface area contributed by atoms with Gasteiger partial charge in [0.05, 0.1) is 25.4 Å². The maximum absolute atomic E-state index is 8.34. The van der Waals surface area contributed by atoms with E-state index >= 15 is 0 Å². The Morgan fingerprint density at radius 3 is 1.50 bits per heavy atom. The highest BCUT2D eigenvalue weighted by Gasteiger charge is 2.20. The normalized spacial score (nSPS) is 11.1. The summed E-state index contributed by atoms with van der Waals surface area (Å²) in [5, 5.41) is 25.0. The molecular weight excluding hydrogens is 326 g/mol. The number of unbranched alkanes of at least 4 members (excludes halogenated alkanes) is 9. The van der Waals surface area contributed by atoms with Gasteiger partial charge in [-0.3, -0.25) is 0 Å². The Balaban J connectivity index is 0.000000660. The summed E-state index contributed by atoms with van der Waals surface area (Å²) in [5.41, 5.74) is 5.43. The molecule has 1 aromatic rings. The highest BCUT2D eigenvalue weighted by molar-refractivity contribution is 5.14. The first-order valence-electron chi connectivity index (χ1n) is 10.3. The number of hydrogen-bond donors (Lipinski definition) is 4. The zero-order chi connectivity index (χ0) is 19.5. The maximum Gasteiger partial charge on any atom is 0.0856 e. The van der Waals surface area contributed by atoms with E-state index in [1.165, 1.54) is 76.2 Å². The van der Waals surface area contributed by atoms with E-state index in [1.54, 1.807) is 0 Å². The fourth-order valence-electron chi connectivity index (χ4n) is 2.61. The highest BCUT2D eigenvalue weighted by Crippen LogP contribution is 2.12. The Kier molecular flexibility index (Phi) is 16.8. The van der Waals surface area contributed by atoms with Crippen molar-refractivity contribution in [3.8, 4) is 0 Å². The Morgan fingerprint density at radius 1 is 0.692 bits per heavy atom. The molecule has 0 amide bonds. The van der Waals surface area contributed by atoms with Crippen molar-refractivity contribution < 1.29 is 15.3 Å². The SMILES string of the molecule is CCCCCCCCCCCCc1ccccc1.NC(CO)(CO)CO. The van der Waals surface area contributed by atoms with Gasteiger partial charge in [0.15, 0.2) is 0 Å². The number of aliphatic hydroxyl groups is 3. The van der Waals surface area contributed by atoms with Crippen LogP contribution in [0.15, 0.2) is 30.3 Å². The van der Waals surface area contributed by atoms with Crippen LogP contribution in [0.2, 0.25) is 0 Å². The number of aliphatic hydroxyl groups excluding tert-OH is 3. The Hall–Kier alpha value is -0.940. The molecule has 5 N–H and O–H groups in total. The molecule has 0 fully saturated rings. The third kappa shape index (κ3) is 14.3. The van der Waals surface area contributed by atoms with Gasteiger partial charge in [-0.1, -0.05) is 95.0 Å². The quantitative estimate of drug-likeness (QED) is 0.377. The minimum absolute atomic E-state index is 0.403. The molecule has 0 radical (unpaired) electrons. The molecule has 0 aliphatic carbocycles. The molecule has 0 saturated carbocycles. The fraction of sp³-hybridized carbons (Fsp3) is 0.727. The highest BCUT2D eigenvalue weighted by atomic mass is 16.3. The molecule has 0 aliphatic heterocycles. The van der Waals surface area contributed by atoms with E-state index in [0.717, 1.165) is 0 Å². The van der Waals surface area contributed by atoms with Crippen molar-refractivity contribution in [2.75, 3.05) is 19.8 Å². The molecule has 0 aromatic heterocycles. The number of aryl methyl sites for hydroxylation is 1. The Labute approximate surface area is 160 Å². The van der Waals surface area contributed by atoms with Crippen molar-refractivity contribution in [3.63, 3.8) is 0 Å². The zero-order valence-electron chi connectivity index (χ0n) is 16.7. The van der Waals surface area contributed by atoms with Crippen LogP contribution in [0.1, 0.15) is 76.7 Å². The molecule has 0 saturated heterocycles. The minimum Gasteiger partial charge on any atom is -0.394 e. The molecule has 4 heteroatoms. The molecule has 0 heterocycles. The molecule has 0 spiro atoms. The van der Waals surface area contributed by atoms with E-state index in [1.807, 2.05) is 0 Å². The summed E-state index contributed by atoms with van der Waals surface area (Å²) in [6.07, 6.45) is 15.5. The van der Waals surface area contributed by atoms with E-state index < -0.39 is 25.4 Å². The summed E-state index contributed by atoms with van der Waals surface area (Å²) in [6, 6.07) is 10.9. The van der Waals surface area contributed by atoms with Crippen LogP contribution >= 0.6 is 0 Å². The van der Waals surface area contributed by atoms with Crippen molar-refractivity contribution >= 4 is 0 Å². The molecule has 152 valence electrons. The van der Waals surface area contributed by atoms with Crippen LogP contribution < -0.4 is 5.73 Å². The summed E-state index contributed by atoms with van der Waals surface area (Å²) in [6.45, 7) is 1.08. The van der Waals surface area contributed by atoms with Gasteiger partial charge in [-0.2, -0.15) is 0 Å². The van der Waals surface area contributed by atoms with E-state index in [9.17, 15) is 0 Å². The second-order valence-corrected chi connectivity index (χ2v) is 7.25. The van der Waals surface area contributed by atoms with Crippen LogP contribution in [0.3, 0.4) is 0 Å². The first-order chi connectivity index (χ1) is 12.6. The second kappa shape index (κ2) is 17.5. The van der Waals surface area contributed by atoms with Crippen molar-refractivity contribution in [2.45, 2.75) is 83.1 Å². The first-order valence-corrected chi connectivity index (χ1v) is 10.3. The third-order valence-corrected chi connectivity index (χ3v) is 4.61. The van der Waals surface area contributed by atoms with Crippen LogP contribution in [-0.2, 0) is 6.42 Å². The number of hydrogen-bond acceptors (Lipinski definition) is 4. The Morgan fingerprint density at radius 2 is 1.12 bits per heavy atom. The molecule has 0 atom stereocenters. The predicted molar refractivity (Wildman–Crippen MR) is 110 cm³/mol. The molecule has 0 bridgehead atoms. The lowest BCUT2D eigenvalue weighted by molar-refractivity contribution is 0.0698. The van der Waals surface area contributed by atoms with Crippen LogP contribution in [0.4, 0.5) is 0 Å². The van der Waals surface area contributed by atoms with Crippen molar-refractivity contribution in [1.29, 1.82) is 0 Å². The lowest BCUT2D eigenvalue weighted by atomic mass is 10.0. The molecule has 26 heavy (non-hydrogen) atoms. The van der Waals surface area contributed by atoms with Gasteiger partial charge in [-0.05, 0) is 18.4 Å². The van der Waals surface area contributed by atoms with Crippen LogP contribution in [0.25, 0.3) is 0 Å². The standard InChI is InChI=1S/C18H30.C4H11NO3/c1-2-3-4-5-6-7-8-9-10-12-15-18-16-13-11-14-17-18;5-4(1-6,2-7)3-8/h11,13-14,16-17H,2-10,12,15H2,1H3;6-8H,1-3,5H2. The van der Waals surface area contributed by atoms with Crippen molar-refractivity contribution in [2.24, 2.45) is 5.73 Å². The number of benzene rings is 1. The van der Waals surface area contributed by atoms with Crippen LogP contribution in [0, 0.1) is 0 Å². The van der Waals surface area contributed by atoms with Crippen LogP contribution in [0.5, 0.6) is 0 Å². The van der Waals surface area contributed by atoms with Crippen LogP contribution in [-0.4, -0.2) is 40.7 Å². The van der Waals surface area contributed by atoms with E-state index in [4.69, 9.17) is 21.1 Å². The van der Waals surface area contributed by atoms with E-state index in [0.29, 0.717) is 0 Å². The van der Waals surface area contributed by atoms with Crippen molar-refractivity contribution in [3.05, 3.63) is 35.9 Å². The van der Waals surface area contributed by atoms with Crippen molar-refractivity contribution in [1.82, 2.24) is 0 Å². The molecule has 0 aliphatic rings. The predicted octanol–water partition coefficient (Wildman–Crippen LogP) is 3.81. The molecule has 0 unspecified atom stereocenters. The molecule has 1 aromatic carbocycles. The minimum atomic E-state index is -1.21. The average Bonchev–Trinajstić information content (AvgIpc) is 2.70. The summed E-state index contributed by atoms with van der Waals surface area (Å²) < 4.78 is 0. The first kappa shape index (κ1) is 25.1. The topological polar surface area (TPSA) is 86.7 Å². The molecule has 4 nitrogen and oxygen atoms in total. The maximum atomic E-state index is 8.34. The van der Waals surface area contributed by atoms with Gasteiger partial charge in [-0.15, -0.1) is 0 Å². The zero-order valence-corrected chi connectivity index (χ0v) is 16.7. The van der Waals surface area contributed by atoms with Gasteiger partial charge >= 0.3 is 0 Å². The monoisotopic (exact) mass is 367 g/mol. The number of nitrogens with two attached hydrogens (primary N) is 1. The summed E-state index contributed by atoms with van der Waals surface area (Å²) >= 11 is 0. The Bertz CT molecular complexity index is 385. The lowest BCUT2D eigenvalue weighted by Crippen LogP contribution is -2.50. The summed E-state index contributed by atoms with van der Waals surface area (Å²) in [7, 11) is 0. The third-order valence-electron chi connectivity index (χ3n) is 4.61. The summed E-state index contributed by atoms with van der Waals surface area (Å²) in [5.74, 6) is 0. The van der Waals surface area contributed by atoms with Gasteiger partial charge in [0.2, 0.25) is 0 Å². The van der Waals surface area contributed by atoms with Gasteiger partial charge in [0.1, 0.15) is 0 Å². The average molecular weight is 368 g/mol. The molecular formula is C22H41NO3. The van der Waals surface area contributed by atoms with E-state index in [2.05, 4.69) is 37.3 Å². The number of rotatable bonds is 14. The fourth-order valence-corrected chi connectivity index (χ4v) is 2.61. The van der Waals surface area contributed by atoms with E-state index in [-0.39, 0.29) is 0 Å². The van der Waals surface area contributed by atoms with Gasteiger partial charge in [0.25, 0.3) is 0 Å². The largest absolute Gasteiger partial charge is 0.394 e. The van der Waals surface area contributed by atoms with Gasteiger partial charge < -0.3 is 21.1 Å². The smallest absolute Gasteiger partial charge is 0.0856 e.